The van der Waals surface area contributed by atoms with E-state index in [-0.39, 0.29) is 12.5 Å². The van der Waals surface area contributed by atoms with Crippen molar-refractivity contribution < 1.29 is 9.90 Å². The van der Waals surface area contributed by atoms with Crippen LogP contribution in [0.3, 0.4) is 0 Å². The normalized spacial score (nSPS) is 9.86. The average Bonchev–Trinajstić information content (AvgIpc) is 2.92. The van der Waals surface area contributed by atoms with Gasteiger partial charge < -0.3 is 10.4 Å². The molecule has 1 aromatic carbocycles. The molecule has 2 aromatic rings. The van der Waals surface area contributed by atoms with Crippen LogP contribution in [0, 0.1) is 18.8 Å². The number of carbonyl (C=O) groups is 1. The molecule has 0 saturated carbocycles. The second kappa shape index (κ2) is 7.28. The van der Waals surface area contributed by atoms with Crippen LogP contribution in [0.4, 0.5) is 5.69 Å². The van der Waals surface area contributed by atoms with Crippen LogP contribution in [0.5, 0.6) is 0 Å². The molecule has 1 amide bonds. The third-order valence-electron chi connectivity index (χ3n) is 2.78. The molecule has 0 spiro atoms. The predicted octanol–water partition coefficient (Wildman–Crippen LogP) is 3.70. The summed E-state index contributed by atoms with van der Waals surface area (Å²) in [6.45, 7) is 1.92. The maximum absolute atomic E-state index is 12.3. The predicted molar refractivity (Wildman–Crippen MR) is 87.0 cm³/mol. The maximum Gasteiger partial charge on any atom is 0.267 e. The molecular formula is C16H14ClNO2S. The molecule has 0 fully saturated rings. The molecule has 0 aliphatic heterocycles. The van der Waals surface area contributed by atoms with Crippen molar-refractivity contribution in [2.75, 3.05) is 11.9 Å². The monoisotopic (exact) mass is 319 g/mol. The molecule has 108 valence electrons. The number of amides is 1. The van der Waals surface area contributed by atoms with Crippen LogP contribution in [0.25, 0.3) is 0 Å². The van der Waals surface area contributed by atoms with E-state index in [0.29, 0.717) is 27.6 Å². The Bertz CT molecular complexity index is 713. The zero-order valence-corrected chi connectivity index (χ0v) is 13.0. The van der Waals surface area contributed by atoms with E-state index in [1.807, 2.05) is 18.4 Å². The summed E-state index contributed by atoms with van der Waals surface area (Å²) in [6.07, 6.45) is 0.393. The zero-order chi connectivity index (χ0) is 15.2. The van der Waals surface area contributed by atoms with E-state index in [0.717, 1.165) is 5.56 Å². The van der Waals surface area contributed by atoms with Gasteiger partial charge in [0.15, 0.2) is 0 Å². The van der Waals surface area contributed by atoms with Crippen molar-refractivity contribution in [1.82, 2.24) is 0 Å². The van der Waals surface area contributed by atoms with Crippen LogP contribution in [0.15, 0.2) is 29.6 Å². The number of halogens is 1. The van der Waals surface area contributed by atoms with E-state index in [2.05, 4.69) is 17.2 Å². The fourth-order valence-corrected chi connectivity index (χ4v) is 2.62. The number of rotatable bonds is 3. The standard InChI is InChI=1S/C16H14ClNO2S/c1-11-5-6-13(17)10-14(11)18-16(20)15-12(7-9-21-15)4-2-3-8-19/h5-7,9-10,19H,3,8H2,1H3,(H,18,20). The van der Waals surface area contributed by atoms with Crippen LogP contribution in [0.1, 0.15) is 27.2 Å². The number of benzene rings is 1. The quantitative estimate of drug-likeness (QED) is 0.848. The summed E-state index contributed by atoms with van der Waals surface area (Å²) in [7, 11) is 0. The molecule has 0 unspecified atom stereocenters. The summed E-state index contributed by atoms with van der Waals surface area (Å²) in [5.74, 6) is 5.52. The van der Waals surface area contributed by atoms with E-state index in [9.17, 15) is 4.79 Å². The van der Waals surface area contributed by atoms with Crippen LogP contribution in [-0.2, 0) is 0 Å². The summed E-state index contributed by atoms with van der Waals surface area (Å²) < 4.78 is 0. The molecule has 0 aliphatic carbocycles. The van der Waals surface area contributed by atoms with Gasteiger partial charge in [-0.05, 0) is 36.1 Å². The van der Waals surface area contributed by atoms with Crippen molar-refractivity contribution in [2.24, 2.45) is 0 Å². The first-order valence-corrected chi connectivity index (χ1v) is 7.62. The van der Waals surface area contributed by atoms with Gasteiger partial charge in [0, 0.05) is 22.7 Å². The number of hydrogen-bond acceptors (Lipinski definition) is 3. The summed E-state index contributed by atoms with van der Waals surface area (Å²) in [5, 5.41) is 14.0. The number of anilines is 1. The molecule has 0 aliphatic rings. The molecule has 2 rings (SSSR count). The summed E-state index contributed by atoms with van der Waals surface area (Å²) in [6, 6.07) is 7.16. The van der Waals surface area contributed by atoms with Crippen molar-refractivity contribution >= 4 is 34.5 Å². The first kappa shape index (κ1) is 15.6. The lowest BCUT2D eigenvalue weighted by molar-refractivity contribution is 0.103. The van der Waals surface area contributed by atoms with Crippen molar-refractivity contribution in [3.63, 3.8) is 0 Å². The molecule has 2 N–H and O–H groups in total. The Kier molecular flexibility index (Phi) is 5.40. The highest BCUT2D eigenvalue weighted by molar-refractivity contribution is 7.12. The van der Waals surface area contributed by atoms with Gasteiger partial charge in [-0.2, -0.15) is 0 Å². The van der Waals surface area contributed by atoms with Gasteiger partial charge in [0.25, 0.3) is 5.91 Å². The number of aliphatic hydroxyl groups is 1. The van der Waals surface area contributed by atoms with Crippen LogP contribution in [0.2, 0.25) is 5.02 Å². The largest absolute Gasteiger partial charge is 0.395 e. The third-order valence-corrected chi connectivity index (χ3v) is 3.93. The summed E-state index contributed by atoms with van der Waals surface area (Å²) >= 11 is 7.28. The Morgan fingerprint density at radius 3 is 3.00 bits per heavy atom. The molecule has 3 nitrogen and oxygen atoms in total. The Morgan fingerprint density at radius 2 is 2.24 bits per heavy atom. The van der Waals surface area contributed by atoms with E-state index < -0.39 is 0 Å². The minimum atomic E-state index is -0.205. The Balaban J connectivity index is 2.20. The fourth-order valence-electron chi connectivity index (χ4n) is 1.71. The van der Waals surface area contributed by atoms with Crippen molar-refractivity contribution in [1.29, 1.82) is 0 Å². The van der Waals surface area contributed by atoms with E-state index in [4.69, 9.17) is 16.7 Å². The summed E-state index contributed by atoms with van der Waals surface area (Å²) in [4.78, 5) is 12.9. The second-order valence-corrected chi connectivity index (χ2v) is 5.70. The van der Waals surface area contributed by atoms with E-state index in [1.54, 1.807) is 18.2 Å². The highest BCUT2D eigenvalue weighted by Gasteiger charge is 2.13. The lowest BCUT2D eigenvalue weighted by atomic mass is 10.2. The van der Waals surface area contributed by atoms with Gasteiger partial charge in [-0.15, -0.1) is 11.3 Å². The van der Waals surface area contributed by atoms with Gasteiger partial charge in [-0.25, -0.2) is 0 Å². The van der Waals surface area contributed by atoms with Crippen molar-refractivity contribution in [3.05, 3.63) is 50.7 Å². The van der Waals surface area contributed by atoms with Gasteiger partial charge in [0.1, 0.15) is 4.88 Å². The minimum Gasteiger partial charge on any atom is -0.395 e. The number of aryl methyl sites for hydroxylation is 1. The van der Waals surface area contributed by atoms with E-state index in [1.165, 1.54) is 11.3 Å². The molecule has 0 atom stereocenters. The van der Waals surface area contributed by atoms with Crippen molar-refractivity contribution in [3.8, 4) is 11.8 Å². The highest BCUT2D eigenvalue weighted by atomic mass is 35.5. The minimum absolute atomic E-state index is 0.0143. The molecule has 21 heavy (non-hydrogen) atoms. The van der Waals surface area contributed by atoms with Crippen LogP contribution in [-0.4, -0.2) is 17.6 Å². The lowest BCUT2D eigenvalue weighted by Crippen LogP contribution is -2.12. The van der Waals surface area contributed by atoms with Gasteiger partial charge in [0.2, 0.25) is 0 Å². The Labute approximate surface area is 132 Å². The SMILES string of the molecule is Cc1ccc(Cl)cc1NC(=O)c1sccc1C#CCCO. The number of carbonyl (C=O) groups excluding carboxylic acids is 1. The van der Waals surface area contributed by atoms with Crippen LogP contribution < -0.4 is 5.32 Å². The number of aliphatic hydroxyl groups excluding tert-OH is 1. The van der Waals surface area contributed by atoms with Gasteiger partial charge in [-0.1, -0.05) is 29.5 Å². The highest BCUT2D eigenvalue weighted by Crippen LogP contribution is 2.23. The van der Waals surface area contributed by atoms with Crippen molar-refractivity contribution in [2.45, 2.75) is 13.3 Å². The number of hydrogen-bond donors (Lipinski definition) is 2. The lowest BCUT2D eigenvalue weighted by Gasteiger charge is -2.08. The third kappa shape index (κ3) is 4.08. The number of nitrogens with one attached hydrogen (secondary N) is 1. The zero-order valence-electron chi connectivity index (χ0n) is 11.4. The Morgan fingerprint density at radius 1 is 1.43 bits per heavy atom. The molecule has 0 radical (unpaired) electrons. The molecule has 1 heterocycles. The second-order valence-electron chi connectivity index (χ2n) is 4.35. The maximum atomic E-state index is 12.3. The topological polar surface area (TPSA) is 49.3 Å². The Hall–Kier alpha value is -1.80. The molecule has 5 heteroatoms. The van der Waals surface area contributed by atoms with E-state index >= 15 is 0 Å². The van der Waals surface area contributed by atoms with Crippen LogP contribution >= 0.6 is 22.9 Å². The average molecular weight is 320 g/mol. The number of thiophene rings is 1. The first-order valence-electron chi connectivity index (χ1n) is 6.36. The molecule has 1 aromatic heterocycles. The summed E-state index contributed by atoms with van der Waals surface area (Å²) in [5.41, 5.74) is 2.30. The molecular weight excluding hydrogens is 306 g/mol. The molecule has 0 bridgehead atoms. The van der Waals surface area contributed by atoms with Gasteiger partial charge in [-0.3, -0.25) is 4.79 Å². The first-order chi connectivity index (χ1) is 10.1. The molecule has 0 saturated heterocycles. The van der Waals surface area contributed by atoms with Gasteiger partial charge >= 0.3 is 0 Å². The smallest absolute Gasteiger partial charge is 0.267 e. The fraction of sp³-hybridized carbons (Fsp3) is 0.188. The van der Waals surface area contributed by atoms with Gasteiger partial charge in [0.05, 0.1) is 6.61 Å².